The second-order valence-electron chi connectivity index (χ2n) is 7.37. The number of carbonyl (C=O) groups is 2. The Morgan fingerprint density at radius 3 is 2.23 bits per heavy atom. The molecule has 2 atom stereocenters. The number of halogens is 2. The van der Waals surface area contributed by atoms with Gasteiger partial charge in [-0.1, -0.05) is 34.1 Å². The maximum absolute atomic E-state index is 12.4. The summed E-state index contributed by atoms with van der Waals surface area (Å²) >= 11 is 6.79. The molecule has 0 radical (unpaired) electrons. The molecule has 2 aromatic rings. The van der Waals surface area contributed by atoms with Gasteiger partial charge in [-0.15, -0.1) is 0 Å². The lowest BCUT2D eigenvalue weighted by atomic mass is 10.0. The zero-order chi connectivity index (χ0) is 22.6. The fraction of sp³-hybridized carbons (Fsp3) is 0.364. The van der Waals surface area contributed by atoms with Crippen LogP contribution in [0, 0.1) is 5.92 Å². The maximum Gasteiger partial charge on any atom is 0.345 e. The Hall–Kier alpha value is -1.90. The summed E-state index contributed by atoms with van der Waals surface area (Å²) in [5.74, 6) is -0.352. The van der Waals surface area contributed by atoms with Gasteiger partial charge in [0.2, 0.25) is 0 Å². The third-order valence-corrected chi connectivity index (χ3v) is 5.98. The largest absolute Gasteiger partial charge is 0.508 e. The normalized spacial score (nSPS) is 13.1. The van der Waals surface area contributed by atoms with Gasteiger partial charge >= 0.3 is 11.9 Å². The van der Waals surface area contributed by atoms with Crippen LogP contribution in [0.1, 0.15) is 56.0 Å². The molecule has 0 aliphatic carbocycles. The Morgan fingerprint density at radius 2 is 1.70 bits per heavy atom. The molecule has 8 heteroatoms. The number of aromatic hydroxyl groups is 1. The second-order valence-corrected chi connectivity index (χ2v) is 9.07. The third kappa shape index (κ3) is 5.83. The molecule has 2 rings (SSSR count). The van der Waals surface area contributed by atoms with Gasteiger partial charge < -0.3 is 20.3 Å². The maximum atomic E-state index is 12.4. The van der Waals surface area contributed by atoms with E-state index in [-0.39, 0.29) is 23.1 Å². The van der Waals surface area contributed by atoms with E-state index < -0.39 is 18.0 Å². The average molecular weight is 543 g/mol. The van der Waals surface area contributed by atoms with Crippen molar-refractivity contribution in [3.63, 3.8) is 0 Å². The molecule has 0 bridgehead atoms. The van der Waals surface area contributed by atoms with E-state index in [9.17, 15) is 14.7 Å². The standard InChI is InChI=1S/C22H25Br2NO5/c1-5-12(4)19(25)22(28)30-21(27)13-8-16(23)20(17(24)9-13)29-14-6-7-18(26)15(10-14)11(2)3/h6-12,19,26H,5,25H2,1-4H3/t12-,19-/m0/s1. The lowest BCUT2D eigenvalue weighted by molar-refractivity contribution is -0.140. The second kappa shape index (κ2) is 10.4. The van der Waals surface area contributed by atoms with Crippen molar-refractivity contribution < 1.29 is 24.2 Å². The molecule has 6 nitrogen and oxygen atoms in total. The number of ether oxygens (including phenoxy) is 2. The van der Waals surface area contributed by atoms with Gasteiger partial charge in [0, 0.05) is 5.56 Å². The highest BCUT2D eigenvalue weighted by Crippen LogP contribution is 2.39. The van der Waals surface area contributed by atoms with Crippen molar-refractivity contribution in [1.82, 2.24) is 0 Å². The molecule has 0 saturated carbocycles. The van der Waals surface area contributed by atoms with E-state index >= 15 is 0 Å². The fourth-order valence-electron chi connectivity index (χ4n) is 2.66. The molecule has 2 aromatic carbocycles. The van der Waals surface area contributed by atoms with Crippen molar-refractivity contribution in [1.29, 1.82) is 0 Å². The highest BCUT2D eigenvalue weighted by Gasteiger charge is 2.25. The first-order valence-electron chi connectivity index (χ1n) is 9.56. The Kier molecular flexibility index (Phi) is 8.46. The average Bonchev–Trinajstić information content (AvgIpc) is 2.70. The number of nitrogens with two attached hydrogens (primary N) is 1. The molecule has 0 aromatic heterocycles. The van der Waals surface area contributed by atoms with E-state index in [2.05, 4.69) is 31.9 Å². The number of carbonyl (C=O) groups excluding carboxylic acids is 2. The summed E-state index contributed by atoms with van der Waals surface area (Å²) in [4.78, 5) is 24.5. The molecule has 0 aliphatic heterocycles. The lowest BCUT2D eigenvalue weighted by Crippen LogP contribution is -2.39. The molecular weight excluding hydrogens is 518 g/mol. The van der Waals surface area contributed by atoms with Crippen LogP contribution >= 0.6 is 31.9 Å². The van der Waals surface area contributed by atoms with Crippen molar-refractivity contribution in [2.75, 3.05) is 0 Å². The Bertz CT molecular complexity index is 922. The molecule has 3 N–H and O–H groups in total. The van der Waals surface area contributed by atoms with Crippen molar-refractivity contribution in [2.45, 2.75) is 46.1 Å². The van der Waals surface area contributed by atoms with Crippen molar-refractivity contribution in [3.8, 4) is 17.2 Å². The van der Waals surface area contributed by atoms with Gasteiger partial charge in [0.1, 0.15) is 17.5 Å². The zero-order valence-corrected chi connectivity index (χ0v) is 20.4. The lowest BCUT2D eigenvalue weighted by Gasteiger charge is -2.16. The van der Waals surface area contributed by atoms with Gasteiger partial charge in [-0.3, -0.25) is 0 Å². The molecule has 0 heterocycles. The first-order chi connectivity index (χ1) is 14.0. The summed E-state index contributed by atoms with van der Waals surface area (Å²) in [6, 6.07) is 7.14. The molecule has 0 unspecified atom stereocenters. The van der Waals surface area contributed by atoms with Crippen LogP contribution in [-0.4, -0.2) is 23.1 Å². The Balaban J connectivity index is 2.22. The van der Waals surface area contributed by atoms with Crippen LogP contribution in [0.3, 0.4) is 0 Å². The quantitative estimate of drug-likeness (QED) is 0.334. The predicted octanol–water partition coefficient (Wildman–Crippen LogP) is 5.89. The van der Waals surface area contributed by atoms with Gasteiger partial charge in [-0.05, 0) is 74.0 Å². The Morgan fingerprint density at radius 1 is 1.10 bits per heavy atom. The molecule has 162 valence electrons. The minimum atomic E-state index is -0.863. The van der Waals surface area contributed by atoms with Crippen molar-refractivity contribution in [2.24, 2.45) is 11.7 Å². The van der Waals surface area contributed by atoms with E-state index in [0.717, 1.165) is 5.56 Å². The molecule has 0 amide bonds. The summed E-state index contributed by atoms with van der Waals surface area (Å²) < 4.78 is 11.8. The topological polar surface area (TPSA) is 98.9 Å². The summed E-state index contributed by atoms with van der Waals surface area (Å²) in [5.41, 5.74) is 6.75. The van der Waals surface area contributed by atoms with Crippen LogP contribution in [-0.2, 0) is 9.53 Å². The van der Waals surface area contributed by atoms with E-state index in [4.69, 9.17) is 15.2 Å². The predicted molar refractivity (Wildman–Crippen MR) is 122 cm³/mol. The van der Waals surface area contributed by atoms with Crippen LogP contribution in [0.4, 0.5) is 0 Å². The van der Waals surface area contributed by atoms with Gasteiger partial charge in [0.15, 0.2) is 5.75 Å². The minimum absolute atomic E-state index is 0.0967. The molecule has 0 spiro atoms. The zero-order valence-electron chi connectivity index (χ0n) is 17.2. The van der Waals surface area contributed by atoms with Crippen LogP contribution in [0.25, 0.3) is 0 Å². The highest BCUT2D eigenvalue weighted by molar-refractivity contribution is 9.11. The van der Waals surface area contributed by atoms with Gasteiger partial charge in [-0.2, -0.15) is 0 Å². The number of hydrogen-bond acceptors (Lipinski definition) is 6. The Labute approximate surface area is 193 Å². The molecule has 0 aliphatic rings. The summed E-state index contributed by atoms with van der Waals surface area (Å²) in [5, 5.41) is 9.98. The molecule has 30 heavy (non-hydrogen) atoms. The van der Waals surface area contributed by atoms with Crippen LogP contribution in [0.5, 0.6) is 17.2 Å². The van der Waals surface area contributed by atoms with Crippen LogP contribution < -0.4 is 10.5 Å². The number of benzene rings is 2. The van der Waals surface area contributed by atoms with E-state index in [0.29, 0.717) is 26.9 Å². The van der Waals surface area contributed by atoms with E-state index in [1.165, 1.54) is 12.1 Å². The van der Waals surface area contributed by atoms with E-state index in [1.54, 1.807) is 18.2 Å². The fourth-order valence-corrected chi connectivity index (χ4v) is 4.00. The minimum Gasteiger partial charge on any atom is -0.508 e. The number of phenols is 1. The van der Waals surface area contributed by atoms with Crippen molar-refractivity contribution >= 4 is 43.8 Å². The van der Waals surface area contributed by atoms with Crippen LogP contribution in [0.15, 0.2) is 39.3 Å². The van der Waals surface area contributed by atoms with Crippen LogP contribution in [0.2, 0.25) is 0 Å². The highest BCUT2D eigenvalue weighted by atomic mass is 79.9. The van der Waals surface area contributed by atoms with Gasteiger partial charge in [-0.25, -0.2) is 9.59 Å². The molecule has 0 fully saturated rings. The summed E-state index contributed by atoms with van der Waals surface area (Å²) in [6.07, 6.45) is 0.698. The molecule has 0 saturated heterocycles. The number of hydrogen-bond donors (Lipinski definition) is 2. The van der Waals surface area contributed by atoms with Crippen molar-refractivity contribution in [3.05, 3.63) is 50.4 Å². The number of rotatable bonds is 7. The number of phenolic OH excluding ortho intramolecular Hbond substituents is 1. The third-order valence-electron chi connectivity index (χ3n) is 4.80. The van der Waals surface area contributed by atoms with E-state index in [1.807, 2.05) is 27.7 Å². The summed E-state index contributed by atoms with van der Waals surface area (Å²) in [7, 11) is 0. The first kappa shape index (κ1) is 24.4. The SMILES string of the molecule is CC[C@H](C)[C@H](N)C(=O)OC(=O)c1cc(Br)c(Oc2ccc(O)c(C(C)C)c2)c(Br)c1. The van der Waals surface area contributed by atoms with Gasteiger partial charge in [0.05, 0.1) is 14.5 Å². The molecular formula is C22H25Br2NO5. The number of esters is 2. The summed E-state index contributed by atoms with van der Waals surface area (Å²) in [6.45, 7) is 7.67. The van der Waals surface area contributed by atoms with Gasteiger partial charge in [0.25, 0.3) is 0 Å². The smallest absolute Gasteiger partial charge is 0.345 e. The monoisotopic (exact) mass is 541 g/mol. The first-order valence-corrected chi connectivity index (χ1v) is 11.1.